The van der Waals surface area contributed by atoms with Crippen molar-refractivity contribution in [3.63, 3.8) is 0 Å². The van der Waals surface area contributed by atoms with Gasteiger partial charge in [0.15, 0.2) is 0 Å². The number of rotatable bonds is 5. The van der Waals surface area contributed by atoms with Crippen LogP contribution in [-0.2, 0) is 6.54 Å². The molecule has 2 heterocycles. The molecule has 0 saturated carbocycles. The zero-order valence-corrected chi connectivity index (χ0v) is 17.1. The molecule has 0 fully saturated rings. The van der Waals surface area contributed by atoms with Gasteiger partial charge in [-0.1, -0.05) is 60.1 Å². The van der Waals surface area contributed by atoms with Crippen LogP contribution < -0.4 is 10.9 Å². The molecule has 4 rings (SSSR count). The molecule has 0 radical (unpaired) electrons. The lowest BCUT2D eigenvalue weighted by Crippen LogP contribution is -2.42. The fraction of sp³-hybridized carbons (Fsp3) is 0.0435. The summed E-state index contributed by atoms with van der Waals surface area (Å²) in [5.74, 6) is -1.01. The largest absolute Gasteiger partial charge is 0.288 e. The number of hydrazine groups is 1. The van der Waals surface area contributed by atoms with Crippen LogP contribution in [0.2, 0.25) is 5.02 Å². The smallest absolute Gasteiger partial charge is 0.267 e. The number of nitrogens with one attached hydrogen (secondary N) is 2. The van der Waals surface area contributed by atoms with Crippen molar-refractivity contribution in [2.24, 2.45) is 0 Å². The van der Waals surface area contributed by atoms with Crippen LogP contribution in [0.1, 0.15) is 26.4 Å². The molecule has 0 aliphatic carbocycles. The Bertz CT molecular complexity index is 1190. The summed E-state index contributed by atoms with van der Waals surface area (Å²) in [5.41, 5.74) is 7.60. The Morgan fingerprint density at radius 1 is 0.871 bits per heavy atom. The van der Waals surface area contributed by atoms with E-state index in [2.05, 4.69) is 20.9 Å². The minimum absolute atomic E-state index is 0.195. The summed E-state index contributed by atoms with van der Waals surface area (Å²) in [6.45, 7) is 0.495. The molecule has 4 aromatic rings. The molecule has 2 amide bonds. The number of nitrogens with zero attached hydrogens (tertiary/aromatic N) is 3. The molecule has 154 valence electrons. The third-order valence-corrected chi connectivity index (χ3v) is 4.75. The van der Waals surface area contributed by atoms with E-state index in [4.69, 9.17) is 11.6 Å². The number of aromatic nitrogens is 3. The van der Waals surface area contributed by atoms with Crippen molar-refractivity contribution in [3.8, 4) is 11.3 Å². The van der Waals surface area contributed by atoms with Crippen LogP contribution in [0.25, 0.3) is 11.3 Å². The van der Waals surface area contributed by atoms with E-state index in [9.17, 15) is 9.59 Å². The van der Waals surface area contributed by atoms with Crippen LogP contribution in [0.5, 0.6) is 0 Å². The highest BCUT2D eigenvalue weighted by atomic mass is 35.5. The third-order valence-electron chi connectivity index (χ3n) is 4.50. The first kappa shape index (κ1) is 20.3. The molecule has 0 aliphatic heterocycles. The first-order valence-corrected chi connectivity index (χ1v) is 9.87. The van der Waals surface area contributed by atoms with Crippen molar-refractivity contribution >= 4 is 23.4 Å². The Kier molecular flexibility index (Phi) is 6.05. The van der Waals surface area contributed by atoms with Crippen molar-refractivity contribution in [2.75, 3.05) is 0 Å². The molecule has 0 atom stereocenters. The summed E-state index contributed by atoms with van der Waals surface area (Å²) in [6, 6.07) is 21.8. The van der Waals surface area contributed by atoms with Gasteiger partial charge in [-0.15, -0.1) is 0 Å². The second-order valence-electron chi connectivity index (χ2n) is 6.70. The molecule has 31 heavy (non-hydrogen) atoms. The second-order valence-corrected chi connectivity index (χ2v) is 7.14. The van der Waals surface area contributed by atoms with Gasteiger partial charge >= 0.3 is 0 Å². The van der Waals surface area contributed by atoms with Crippen molar-refractivity contribution in [2.45, 2.75) is 6.54 Å². The lowest BCUT2D eigenvalue weighted by Gasteiger charge is -2.07. The van der Waals surface area contributed by atoms with Crippen LogP contribution in [0.3, 0.4) is 0 Å². The van der Waals surface area contributed by atoms with Crippen LogP contribution >= 0.6 is 11.6 Å². The Balaban J connectivity index is 1.58. The monoisotopic (exact) mass is 431 g/mol. The lowest BCUT2D eigenvalue weighted by molar-refractivity contribution is 0.0844. The van der Waals surface area contributed by atoms with Gasteiger partial charge in [0.1, 0.15) is 11.4 Å². The molecular formula is C23H18ClN5O2. The highest BCUT2D eigenvalue weighted by Crippen LogP contribution is 2.24. The number of hydrogen-bond donors (Lipinski definition) is 2. The van der Waals surface area contributed by atoms with E-state index in [0.29, 0.717) is 22.8 Å². The van der Waals surface area contributed by atoms with E-state index < -0.39 is 11.8 Å². The van der Waals surface area contributed by atoms with E-state index in [1.165, 1.54) is 6.20 Å². The number of halogens is 1. The minimum Gasteiger partial charge on any atom is -0.267 e. The maximum Gasteiger partial charge on any atom is 0.288 e. The van der Waals surface area contributed by atoms with Gasteiger partial charge in [0, 0.05) is 23.0 Å². The van der Waals surface area contributed by atoms with Crippen molar-refractivity contribution < 1.29 is 9.59 Å². The fourth-order valence-electron chi connectivity index (χ4n) is 3.00. The number of amides is 2. The molecule has 0 bridgehead atoms. The lowest BCUT2D eigenvalue weighted by atomic mass is 10.1. The van der Waals surface area contributed by atoms with Crippen molar-refractivity contribution in [1.82, 2.24) is 25.6 Å². The van der Waals surface area contributed by atoms with E-state index in [1.807, 2.05) is 30.3 Å². The Hall–Kier alpha value is -3.97. The minimum atomic E-state index is -0.515. The normalized spacial score (nSPS) is 10.5. The molecule has 0 unspecified atom stereocenters. The summed E-state index contributed by atoms with van der Waals surface area (Å²) in [5, 5.41) is 5.18. The summed E-state index contributed by atoms with van der Waals surface area (Å²) in [7, 11) is 0. The summed E-state index contributed by atoms with van der Waals surface area (Å²) in [4.78, 5) is 29.0. The van der Waals surface area contributed by atoms with Crippen LogP contribution in [-0.4, -0.2) is 26.6 Å². The summed E-state index contributed by atoms with van der Waals surface area (Å²) >= 11 is 6.00. The molecule has 0 spiro atoms. The average Bonchev–Trinajstić information content (AvgIpc) is 3.23. The molecule has 2 aromatic carbocycles. The fourth-order valence-corrected chi connectivity index (χ4v) is 3.13. The Morgan fingerprint density at radius 3 is 2.29 bits per heavy atom. The van der Waals surface area contributed by atoms with Crippen molar-refractivity contribution in [3.05, 3.63) is 107 Å². The number of hydrogen-bond acceptors (Lipinski definition) is 4. The van der Waals surface area contributed by atoms with E-state index in [0.717, 1.165) is 11.1 Å². The van der Waals surface area contributed by atoms with Crippen LogP contribution in [0, 0.1) is 0 Å². The predicted molar refractivity (Wildman–Crippen MR) is 117 cm³/mol. The average molecular weight is 432 g/mol. The van der Waals surface area contributed by atoms with E-state index in [-0.39, 0.29) is 5.69 Å². The maximum atomic E-state index is 12.9. The maximum absolute atomic E-state index is 12.9. The van der Waals surface area contributed by atoms with Gasteiger partial charge in [-0.3, -0.25) is 30.1 Å². The van der Waals surface area contributed by atoms with E-state index in [1.54, 1.807) is 53.3 Å². The van der Waals surface area contributed by atoms with Crippen molar-refractivity contribution in [1.29, 1.82) is 0 Å². The third kappa shape index (κ3) is 4.96. The number of carbonyl (C=O) groups excluding carboxylic acids is 2. The SMILES string of the molecule is O=C(NNC(=O)c1cn(Cc2ccccc2)nc1-c1ccc(Cl)cc1)c1ccccn1. The van der Waals surface area contributed by atoms with E-state index >= 15 is 0 Å². The van der Waals surface area contributed by atoms with Gasteiger partial charge < -0.3 is 0 Å². The Labute approximate surface area is 183 Å². The highest BCUT2D eigenvalue weighted by molar-refractivity contribution is 6.30. The zero-order valence-electron chi connectivity index (χ0n) is 16.3. The van der Waals surface area contributed by atoms with Gasteiger partial charge in [-0.05, 0) is 29.8 Å². The molecule has 2 N–H and O–H groups in total. The summed E-state index contributed by atoms with van der Waals surface area (Å²) < 4.78 is 1.69. The number of benzene rings is 2. The first-order chi connectivity index (χ1) is 15.1. The van der Waals surface area contributed by atoms with Crippen LogP contribution in [0.4, 0.5) is 0 Å². The molecule has 0 aliphatic rings. The number of carbonyl (C=O) groups is 2. The molecular weight excluding hydrogens is 414 g/mol. The molecule has 8 heteroatoms. The highest BCUT2D eigenvalue weighted by Gasteiger charge is 2.19. The summed E-state index contributed by atoms with van der Waals surface area (Å²) in [6.07, 6.45) is 3.15. The van der Waals surface area contributed by atoms with Gasteiger partial charge in [-0.25, -0.2) is 0 Å². The first-order valence-electron chi connectivity index (χ1n) is 9.49. The zero-order chi connectivity index (χ0) is 21.6. The number of pyridine rings is 1. The van der Waals surface area contributed by atoms with Gasteiger partial charge in [0.05, 0.1) is 12.1 Å². The standard InChI is InChI=1S/C23H18ClN5O2/c24-18-11-9-17(10-12-18)21-19(15-29(28-21)14-16-6-2-1-3-7-16)22(30)26-27-23(31)20-8-4-5-13-25-20/h1-13,15H,14H2,(H,26,30)(H,27,31). The molecule has 7 nitrogen and oxygen atoms in total. The topological polar surface area (TPSA) is 88.9 Å². The van der Waals surface area contributed by atoms with Gasteiger partial charge in [-0.2, -0.15) is 5.10 Å². The Morgan fingerprint density at radius 2 is 1.58 bits per heavy atom. The second kappa shape index (κ2) is 9.23. The molecule has 0 saturated heterocycles. The van der Waals surface area contributed by atoms with Gasteiger partial charge in [0.2, 0.25) is 0 Å². The quantitative estimate of drug-likeness (QED) is 0.471. The van der Waals surface area contributed by atoms with Gasteiger partial charge in [0.25, 0.3) is 11.8 Å². The molecule has 2 aromatic heterocycles. The van der Waals surface area contributed by atoms with Crippen LogP contribution in [0.15, 0.2) is 85.2 Å². The predicted octanol–water partition coefficient (Wildman–Crippen LogP) is 3.72.